The Hall–Kier alpha value is -1.07. The van der Waals surface area contributed by atoms with Crippen molar-refractivity contribution in [3.8, 4) is 0 Å². The molecule has 0 saturated carbocycles. The van der Waals surface area contributed by atoms with Crippen LogP contribution in [0, 0.1) is 0 Å². The highest BCUT2D eigenvalue weighted by atomic mass is 19.4. The molecule has 0 amide bonds. The van der Waals surface area contributed by atoms with E-state index >= 15 is 0 Å². The monoisotopic (exact) mass is 275 g/mol. The second-order valence-electron chi connectivity index (χ2n) is 4.44. The summed E-state index contributed by atoms with van der Waals surface area (Å²) in [5, 5.41) is 3.23. The Balaban J connectivity index is 2.57. The molecule has 0 bridgehead atoms. The van der Waals surface area contributed by atoms with Gasteiger partial charge in [-0.25, -0.2) is 0 Å². The minimum atomic E-state index is -4.31. The van der Waals surface area contributed by atoms with Crippen LogP contribution in [-0.4, -0.2) is 18.8 Å². The predicted molar refractivity (Wildman–Crippen MR) is 68.7 cm³/mol. The molecule has 1 unspecified atom stereocenters. The third-order valence-electron chi connectivity index (χ3n) is 2.81. The Kier molecular flexibility index (Phi) is 6.31. The summed E-state index contributed by atoms with van der Waals surface area (Å²) in [6.07, 6.45) is -5.04. The van der Waals surface area contributed by atoms with Gasteiger partial charge in [-0.2, -0.15) is 13.2 Å². The van der Waals surface area contributed by atoms with Gasteiger partial charge in [-0.3, -0.25) is 0 Å². The van der Waals surface area contributed by atoms with Crippen LogP contribution in [0.1, 0.15) is 31.4 Å². The Morgan fingerprint density at radius 3 is 2.42 bits per heavy atom. The molecule has 0 aliphatic rings. The minimum Gasteiger partial charge on any atom is -0.364 e. The fourth-order valence-electron chi connectivity index (χ4n) is 1.58. The zero-order chi connectivity index (χ0) is 14.3. The molecule has 1 aromatic rings. The topological polar surface area (TPSA) is 21.3 Å². The quantitative estimate of drug-likeness (QED) is 0.767. The Labute approximate surface area is 112 Å². The van der Waals surface area contributed by atoms with E-state index in [4.69, 9.17) is 4.74 Å². The predicted octanol–water partition coefficient (Wildman–Crippen LogP) is 3.65. The van der Waals surface area contributed by atoms with Gasteiger partial charge in [-0.1, -0.05) is 31.2 Å². The van der Waals surface area contributed by atoms with E-state index in [1.165, 1.54) is 0 Å². The second kappa shape index (κ2) is 7.50. The molecule has 0 heterocycles. The maximum Gasteiger partial charge on any atom is 0.414 e. The summed E-state index contributed by atoms with van der Waals surface area (Å²) in [5.41, 5.74) is 1.77. The number of hydrogen-bond donors (Lipinski definition) is 1. The lowest BCUT2D eigenvalue weighted by Gasteiger charge is -2.17. The molecule has 0 fully saturated rings. The van der Waals surface area contributed by atoms with Crippen LogP contribution in [0.15, 0.2) is 24.3 Å². The maximum atomic E-state index is 12.4. The largest absolute Gasteiger partial charge is 0.414 e. The smallest absolute Gasteiger partial charge is 0.364 e. The van der Waals surface area contributed by atoms with Crippen LogP contribution in [0.25, 0.3) is 0 Å². The van der Waals surface area contributed by atoms with Gasteiger partial charge in [0.2, 0.25) is 0 Å². The van der Waals surface area contributed by atoms with Gasteiger partial charge in [0.1, 0.15) is 0 Å². The van der Waals surface area contributed by atoms with E-state index in [1.54, 1.807) is 12.1 Å². The van der Waals surface area contributed by atoms with Gasteiger partial charge in [-0.15, -0.1) is 0 Å². The summed E-state index contributed by atoms with van der Waals surface area (Å²) in [6.45, 7) is 4.59. The van der Waals surface area contributed by atoms with Gasteiger partial charge in [0.05, 0.1) is 6.61 Å². The molecule has 108 valence electrons. The molecule has 19 heavy (non-hydrogen) atoms. The van der Waals surface area contributed by atoms with Gasteiger partial charge in [0.25, 0.3) is 0 Å². The number of rotatable bonds is 7. The lowest BCUT2D eigenvalue weighted by molar-refractivity contribution is -0.217. The Bertz CT molecular complexity index is 379. The maximum absolute atomic E-state index is 12.4. The molecular weight excluding hydrogens is 255 g/mol. The van der Waals surface area contributed by atoms with E-state index in [2.05, 4.69) is 12.2 Å². The Morgan fingerprint density at radius 1 is 1.21 bits per heavy atom. The second-order valence-corrected chi connectivity index (χ2v) is 4.44. The highest BCUT2D eigenvalue weighted by molar-refractivity contribution is 5.26. The molecule has 0 spiro atoms. The Morgan fingerprint density at radius 2 is 1.84 bits per heavy atom. The van der Waals surface area contributed by atoms with Crippen LogP contribution in [-0.2, 0) is 17.9 Å². The molecule has 5 heteroatoms. The van der Waals surface area contributed by atoms with Gasteiger partial charge in [0.15, 0.2) is 6.10 Å². The summed E-state index contributed by atoms with van der Waals surface area (Å²) >= 11 is 0. The van der Waals surface area contributed by atoms with Crippen molar-refractivity contribution in [2.45, 2.75) is 45.7 Å². The molecule has 1 atom stereocenters. The summed E-state index contributed by atoms with van der Waals surface area (Å²) in [7, 11) is 0. The number of ether oxygens (including phenoxy) is 1. The van der Waals surface area contributed by atoms with Crippen molar-refractivity contribution in [3.63, 3.8) is 0 Å². The third-order valence-corrected chi connectivity index (χ3v) is 2.81. The molecule has 1 N–H and O–H groups in total. The van der Waals surface area contributed by atoms with Crippen LogP contribution in [0.3, 0.4) is 0 Å². The van der Waals surface area contributed by atoms with Crippen molar-refractivity contribution in [1.82, 2.24) is 5.32 Å². The van der Waals surface area contributed by atoms with Crippen molar-refractivity contribution in [2.75, 3.05) is 6.54 Å². The first-order valence-electron chi connectivity index (χ1n) is 6.41. The van der Waals surface area contributed by atoms with Crippen LogP contribution < -0.4 is 5.32 Å². The van der Waals surface area contributed by atoms with Crippen LogP contribution in [0.5, 0.6) is 0 Å². The van der Waals surface area contributed by atoms with E-state index in [0.29, 0.717) is 6.54 Å². The molecule has 2 nitrogen and oxygen atoms in total. The molecule has 1 aromatic carbocycles. The zero-order valence-corrected chi connectivity index (χ0v) is 11.3. The zero-order valence-electron chi connectivity index (χ0n) is 11.3. The molecule has 0 aromatic heterocycles. The van der Waals surface area contributed by atoms with E-state index < -0.39 is 12.3 Å². The summed E-state index contributed by atoms with van der Waals surface area (Å²) in [4.78, 5) is 0. The van der Waals surface area contributed by atoms with Crippen molar-refractivity contribution in [1.29, 1.82) is 0 Å². The average molecular weight is 275 g/mol. The van der Waals surface area contributed by atoms with Crippen molar-refractivity contribution < 1.29 is 17.9 Å². The van der Waals surface area contributed by atoms with Crippen molar-refractivity contribution in [3.05, 3.63) is 35.4 Å². The van der Waals surface area contributed by atoms with Crippen molar-refractivity contribution in [2.24, 2.45) is 0 Å². The van der Waals surface area contributed by atoms with Crippen molar-refractivity contribution >= 4 is 0 Å². The van der Waals surface area contributed by atoms with Gasteiger partial charge in [0, 0.05) is 6.54 Å². The van der Waals surface area contributed by atoms with E-state index in [-0.39, 0.29) is 6.61 Å². The molecule has 0 aliphatic heterocycles. The first-order chi connectivity index (χ1) is 8.95. The molecule has 0 aliphatic carbocycles. The highest BCUT2D eigenvalue weighted by Crippen LogP contribution is 2.23. The van der Waals surface area contributed by atoms with Crippen LogP contribution >= 0.6 is 0 Å². The summed E-state index contributed by atoms with van der Waals surface area (Å²) in [6, 6.07) is 7.38. The molecule has 1 rings (SSSR count). The van der Waals surface area contributed by atoms with Gasteiger partial charge < -0.3 is 10.1 Å². The third kappa shape index (κ3) is 5.61. The number of hydrogen-bond acceptors (Lipinski definition) is 2. The first kappa shape index (κ1) is 16.0. The van der Waals surface area contributed by atoms with Crippen LogP contribution in [0.2, 0.25) is 0 Å². The van der Waals surface area contributed by atoms with E-state index in [9.17, 15) is 13.2 Å². The van der Waals surface area contributed by atoms with Crippen LogP contribution in [0.4, 0.5) is 13.2 Å². The number of alkyl halides is 3. The fourth-order valence-corrected chi connectivity index (χ4v) is 1.58. The molecule has 0 saturated heterocycles. The number of nitrogens with one attached hydrogen (secondary N) is 1. The minimum absolute atomic E-state index is 0.0232. The van der Waals surface area contributed by atoms with E-state index in [1.807, 2.05) is 12.1 Å². The SMILES string of the molecule is CCCNCc1ccccc1COC(C)C(F)(F)F. The van der Waals surface area contributed by atoms with E-state index in [0.717, 1.165) is 31.0 Å². The van der Waals surface area contributed by atoms with Gasteiger partial charge in [-0.05, 0) is 31.0 Å². The number of halogens is 3. The molecular formula is C14H20F3NO. The summed E-state index contributed by atoms with van der Waals surface area (Å²) < 4.78 is 42.0. The molecule has 0 radical (unpaired) electrons. The average Bonchev–Trinajstić information content (AvgIpc) is 2.36. The highest BCUT2D eigenvalue weighted by Gasteiger charge is 2.36. The van der Waals surface area contributed by atoms with Gasteiger partial charge >= 0.3 is 6.18 Å². The lowest BCUT2D eigenvalue weighted by atomic mass is 10.1. The normalized spacial score (nSPS) is 13.5. The number of benzene rings is 1. The standard InChI is InChI=1S/C14H20F3NO/c1-3-8-18-9-12-6-4-5-7-13(12)10-19-11(2)14(15,16)17/h4-7,11,18H,3,8-10H2,1-2H3. The first-order valence-corrected chi connectivity index (χ1v) is 6.41. The lowest BCUT2D eigenvalue weighted by Crippen LogP contribution is -2.28. The summed E-state index contributed by atoms with van der Waals surface area (Å²) in [5.74, 6) is 0. The fraction of sp³-hybridized carbons (Fsp3) is 0.571.